The summed E-state index contributed by atoms with van der Waals surface area (Å²) in [5.74, 6) is 0.899. The number of hydrogen-bond donors (Lipinski definition) is 0. The molecule has 1 saturated carbocycles. The SMILES string of the molecule is CCCCC/C=C\C/C=C\CCC[C@@H]1CC(=O)[C@@H]2CCCC[C@H]2N1C. The molecule has 0 bridgehead atoms. The minimum absolute atomic E-state index is 0.346. The first-order valence-corrected chi connectivity index (χ1v) is 10.8. The molecule has 0 aromatic carbocycles. The van der Waals surface area contributed by atoms with Gasteiger partial charge < -0.3 is 0 Å². The quantitative estimate of drug-likeness (QED) is 0.354. The van der Waals surface area contributed by atoms with Crippen molar-refractivity contribution in [3.8, 4) is 0 Å². The van der Waals surface area contributed by atoms with Crippen molar-refractivity contribution < 1.29 is 4.79 Å². The number of rotatable bonds is 10. The Morgan fingerprint density at radius 1 is 1.00 bits per heavy atom. The van der Waals surface area contributed by atoms with Gasteiger partial charge in [0, 0.05) is 24.4 Å². The molecule has 0 spiro atoms. The van der Waals surface area contributed by atoms with Crippen LogP contribution in [0.1, 0.15) is 90.4 Å². The van der Waals surface area contributed by atoms with Gasteiger partial charge in [-0.15, -0.1) is 0 Å². The third-order valence-electron chi connectivity index (χ3n) is 6.17. The molecule has 2 aliphatic rings. The molecular weight excluding hydrogens is 306 g/mol. The minimum atomic E-state index is 0.346. The summed E-state index contributed by atoms with van der Waals surface area (Å²) < 4.78 is 0. The van der Waals surface area contributed by atoms with Crippen molar-refractivity contribution in [3.05, 3.63) is 24.3 Å². The summed E-state index contributed by atoms with van der Waals surface area (Å²) in [4.78, 5) is 15.0. The van der Waals surface area contributed by atoms with Gasteiger partial charge in [0.15, 0.2) is 0 Å². The van der Waals surface area contributed by atoms with Crippen molar-refractivity contribution in [1.29, 1.82) is 0 Å². The third-order valence-corrected chi connectivity index (χ3v) is 6.17. The molecule has 2 nitrogen and oxygen atoms in total. The van der Waals surface area contributed by atoms with Crippen molar-refractivity contribution in [2.45, 2.75) is 102 Å². The number of unbranched alkanes of at least 4 members (excludes halogenated alkanes) is 4. The highest BCUT2D eigenvalue weighted by Crippen LogP contribution is 2.36. The van der Waals surface area contributed by atoms with E-state index in [0.717, 1.165) is 25.7 Å². The predicted octanol–water partition coefficient (Wildman–Crippen LogP) is 6.07. The van der Waals surface area contributed by atoms with Gasteiger partial charge in [-0.2, -0.15) is 0 Å². The normalized spacial score (nSPS) is 28.1. The maximum absolute atomic E-state index is 12.4. The maximum Gasteiger partial charge on any atom is 0.139 e. The number of Topliss-reactive ketones (excluding diaryl/α,β-unsaturated/α-hetero) is 1. The van der Waals surface area contributed by atoms with Crippen LogP contribution in [0.3, 0.4) is 0 Å². The number of ketones is 1. The molecule has 0 radical (unpaired) electrons. The Morgan fingerprint density at radius 3 is 2.48 bits per heavy atom. The van der Waals surface area contributed by atoms with Crippen molar-refractivity contribution in [2.75, 3.05) is 7.05 Å². The van der Waals surface area contributed by atoms with Gasteiger partial charge in [-0.3, -0.25) is 9.69 Å². The molecule has 2 heteroatoms. The van der Waals surface area contributed by atoms with Crippen LogP contribution in [0.25, 0.3) is 0 Å². The molecule has 3 atom stereocenters. The fourth-order valence-corrected chi connectivity index (χ4v) is 4.57. The van der Waals surface area contributed by atoms with E-state index >= 15 is 0 Å². The molecule has 0 aromatic rings. The summed E-state index contributed by atoms with van der Waals surface area (Å²) in [6.07, 6.45) is 24.7. The largest absolute Gasteiger partial charge is 0.299 e. The van der Waals surface area contributed by atoms with Gasteiger partial charge in [-0.1, -0.05) is 56.9 Å². The predicted molar refractivity (Wildman–Crippen MR) is 108 cm³/mol. The van der Waals surface area contributed by atoms with Crippen LogP contribution < -0.4 is 0 Å². The minimum Gasteiger partial charge on any atom is -0.299 e. The lowest BCUT2D eigenvalue weighted by Crippen LogP contribution is -2.53. The van der Waals surface area contributed by atoms with E-state index in [0.29, 0.717) is 23.8 Å². The molecule has 1 aliphatic heterocycles. The first-order valence-electron chi connectivity index (χ1n) is 10.8. The third kappa shape index (κ3) is 6.73. The van der Waals surface area contributed by atoms with Crippen molar-refractivity contribution in [1.82, 2.24) is 4.90 Å². The number of hydrogen-bond acceptors (Lipinski definition) is 2. The molecule has 2 fully saturated rings. The maximum atomic E-state index is 12.4. The Hall–Kier alpha value is -0.890. The number of carbonyl (C=O) groups is 1. The molecule has 25 heavy (non-hydrogen) atoms. The van der Waals surface area contributed by atoms with Gasteiger partial charge in [0.25, 0.3) is 0 Å². The second kappa shape index (κ2) is 11.7. The number of allylic oxidation sites excluding steroid dienone is 4. The zero-order valence-corrected chi connectivity index (χ0v) is 16.6. The lowest BCUT2D eigenvalue weighted by molar-refractivity contribution is -0.133. The van der Waals surface area contributed by atoms with E-state index in [1.807, 2.05) is 0 Å². The number of piperidine rings is 1. The lowest BCUT2D eigenvalue weighted by Gasteiger charge is -2.46. The van der Waals surface area contributed by atoms with Crippen LogP contribution >= 0.6 is 0 Å². The van der Waals surface area contributed by atoms with Crippen LogP contribution in [-0.4, -0.2) is 29.8 Å². The highest BCUT2D eigenvalue weighted by Gasteiger charge is 2.40. The van der Waals surface area contributed by atoms with E-state index < -0.39 is 0 Å². The average molecular weight is 346 g/mol. The molecule has 2 rings (SSSR count). The molecule has 0 aromatic heterocycles. The van der Waals surface area contributed by atoms with Crippen LogP contribution in [0.5, 0.6) is 0 Å². The van der Waals surface area contributed by atoms with Crippen LogP contribution in [0.15, 0.2) is 24.3 Å². The van der Waals surface area contributed by atoms with Crippen LogP contribution in [0.2, 0.25) is 0 Å². The second-order valence-corrected chi connectivity index (χ2v) is 8.05. The van der Waals surface area contributed by atoms with Gasteiger partial charge in [0.05, 0.1) is 0 Å². The second-order valence-electron chi connectivity index (χ2n) is 8.05. The Kier molecular flexibility index (Phi) is 9.54. The van der Waals surface area contributed by atoms with Crippen LogP contribution in [-0.2, 0) is 4.79 Å². The molecule has 0 N–H and O–H groups in total. The van der Waals surface area contributed by atoms with Gasteiger partial charge in [-0.05, 0) is 58.4 Å². The van der Waals surface area contributed by atoms with Crippen LogP contribution in [0, 0.1) is 5.92 Å². The summed E-state index contributed by atoms with van der Waals surface area (Å²) in [5.41, 5.74) is 0. The van der Waals surface area contributed by atoms with E-state index in [4.69, 9.17) is 0 Å². The molecule has 0 unspecified atom stereocenters. The number of likely N-dealkylation sites (tertiary alicyclic amines) is 1. The van der Waals surface area contributed by atoms with Crippen molar-refractivity contribution in [3.63, 3.8) is 0 Å². The van der Waals surface area contributed by atoms with E-state index in [-0.39, 0.29) is 0 Å². The zero-order valence-electron chi connectivity index (χ0n) is 16.6. The fourth-order valence-electron chi connectivity index (χ4n) is 4.57. The Morgan fingerprint density at radius 2 is 1.72 bits per heavy atom. The number of nitrogens with zero attached hydrogens (tertiary/aromatic N) is 1. The summed E-state index contributed by atoms with van der Waals surface area (Å²) in [6, 6.07) is 1.02. The van der Waals surface area contributed by atoms with E-state index in [9.17, 15) is 4.79 Å². The summed E-state index contributed by atoms with van der Waals surface area (Å²) in [7, 11) is 2.26. The highest BCUT2D eigenvalue weighted by atomic mass is 16.1. The van der Waals surface area contributed by atoms with Gasteiger partial charge in [0.1, 0.15) is 5.78 Å². The molecule has 1 aliphatic carbocycles. The first-order chi connectivity index (χ1) is 12.2. The number of carbonyl (C=O) groups excluding carboxylic acids is 1. The Balaban J connectivity index is 1.60. The zero-order chi connectivity index (χ0) is 17.9. The first kappa shape index (κ1) is 20.4. The van der Waals surface area contributed by atoms with Gasteiger partial charge >= 0.3 is 0 Å². The van der Waals surface area contributed by atoms with Crippen molar-refractivity contribution in [2.24, 2.45) is 5.92 Å². The van der Waals surface area contributed by atoms with E-state index in [1.54, 1.807) is 0 Å². The lowest BCUT2D eigenvalue weighted by atomic mass is 9.75. The highest BCUT2D eigenvalue weighted by molar-refractivity contribution is 5.83. The summed E-state index contributed by atoms with van der Waals surface area (Å²) in [6.45, 7) is 2.25. The average Bonchev–Trinajstić information content (AvgIpc) is 2.63. The fraction of sp³-hybridized carbons (Fsp3) is 0.783. The molecule has 1 heterocycles. The molecular formula is C23H39NO. The number of fused-ring (bicyclic) bond motifs is 1. The standard InChI is InChI=1S/C23H39NO/c1-3-4-5-6-7-8-9-10-11-12-13-16-20-19-23(25)21-17-14-15-18-22(21)24(20)2/h7-8,10-11,20-22H,3-6,9,12-19H2,1-2H3/b8-7-,11-10-/t20-,21-,22-/m1/s1. The Bertz CT molecular complexity index is 439. The molecule has 142 valence electrons. The van der Waals surface area contributed by atoms with Crippen molar-refractivity contribution >= 4 is 5.78 Å². The monoisotopic (exact) mass is 345 g/mol. The van der Waals surface area contributed by atoms with Crippen LogP contribution in [0.4, 0.5) is 0 Å². The topological polar surface area (TPSA) is 20.3 Å². The Labute approximate surface area is 155 Å². The summed E-state index contributed by atoms with van der Waals surface area (Å²) >= 11 is 0. The summed E-state index contributed by atoms with van der Waals surface area (Å²) in [5, 5.41) is 0. The van der Waals surface area contributed by atoms with Gasteiger partial charge in [0.2, 0.25) is 0 Å². The van der Waals surface area contributed by atoms with Gasteiger partial charge in [-0.25, -0.2) is 0 Å². The van der Waals surface area contributed by atoms with E-state index in [1.165, 1.54) is 57.8 Å². The smallest absolute Gasteiger partial charge is 0.139 e. The molecule has 1 saturated heterocycles. The van der Waals surface area contributed by atoms with E-state index in [2.05, 4.69) is 43.2 Å². The molecule has 0 amide bonds.